The van der Waals surface area contributed by atoms with Crippen LogP contribution in [0.1, 0.15) is 17.8 Å². The summed E-state index contributed by atoms with van der Waals surface area (Å²) < 4.78 is 32.9. The molecule has 0 spiro atoms. The van der Waals surface area contributed by atoms with Crippen LogP contribution in [0.3, 0.4) is 0 Å². The molecule has 1 saturated heterocycles. The lowest BCUT2D eigenvalue weighted by Gasteiger charge is -2.16. The summed E-state index contributed by atoms with van der Waals surface area (Å²) in [6.45, 7) is 1.33. The Morgan fingerprint density at radius 3 is 2.63 bits per heavy atom. The van der Waals surface area contributed by atoms with Gasteiger partial charge in [-0.25, -0.2) is 13.1 Å². The van der Waals surface area contributed by atoms with Crippen molar-refractivity contribution in [3.05, 3.63) is 40.4 Å². The molecule has 1 fully saturated rings. The number of sulfone groups is 1. The molecule has 1 aromatic heterocycles. The third kappa shape index (κ3) is 4.97. The van der Waals surface area contributed by atoms with Crippen molar-refractivity contribution in [1.82, 2.24) is 19.2 Å². The highest BCUT2D eigenvalue weighted by Gasteiger charge is 2.29. The summed E-state index contributed by atoms with van der Waals surface area (Å²) >= 11 is 5.52. The summed E-state index contributed by atoms with van der Waals surface area (Å²) in [6, 6.07) is 7.98. The molecule has 2 heterocycles. The largest absolute Gasteiger partial charge is 0.497 e. The van der Waals surface area contributed by atoms with Crippen LogP contribution in [0.15, 0.2) is 24.3 Å². The van der Waals surface area contributed by atoms with Gasteiger partial charge in [-0.05, 0) is 49.3 Å². The van der Waals surface area contributed by atoms with Crippen LogP contribution >= 0.6 is 12.2 Å². The smallest absolute Gasteiger partial charge is 0.198 e. The van der Waals surface area contributed by atoms with Crippen LogP contribution in [-0.2, 0) is 36.5 Å². The minimum absolute atomic E-state index is 0.135. The molecule has 0 aliphatic carbocycles. The van der Waals surface area contributed by atoms with E-state index in [1.807, 2.05) is 42.9 Å². The zero-order valence-corrected chi connectivity index (χ0v) is 17.6. The highest BCUT2D eigenvalue weighted by Crippen LogP contribution is 2.22. The van der Waals surface area contributed by atoms with Crippen LogP contribution in [-0.4, -0.2) is 53.3 Å². The SMILES string of the molecule is COc1ccc(CN(C)Cn2nc(C[C@H]3CCS(=O)(=O)C3)n(C)c2=S)cc1. The Hall–Kier alpha value is -1.71. The van der Waals surface area contributed by atoms with E-state index in [0.717, 1.165) is 18.1 Å². The topological polar surface area (TPSA) is 69.4 Å². The summed E-state index contributed by atoms with van der Waals surface area (Å²) in [7, 11) is 2.69. The summed E-state index contributed by atoms with van der Waals surface area (Å²) in [6.07, 6.45) is 1.36. The number of ether oxygens (including phenoxy) is 1. The summed E-state index contributed by atoms with van der Waals surface area (Å²) in [5.74, 6) is 2.36. The first-order chi connectivity index (χ1) is 12.8. The first kappa shape index (κ1) is 20.0. The molecule has 7 nitrogen and oxygen atoms in total. The van der Waals surface area contributed by atoms with Gasteiger partial charge in [-0.2, -0.15) is 5.10 Å². The fourth-order valence-electron chi connectivity index (χ4n) is 3.42. The number of aromatic nitrogens is 3. The van der Waals surface area contributed by atoms with Crippen molar-refractivity contribution in [3.63, 3.8) is 0 Å². The molecule has 1 aromatic carbocycles. The quantitative estimate of drug-likeness (QED) is 0.651. The Morgan fingerprint density at radius 1 is 1.33 bits per heavy atom. The van der Waals surface area contributed by atoms with Gasteiger partial charge in [-0.3, -0.25) is 4.90 Å². The Kier molecular flexibility index (Phi) is 6.02. The molecular weight excluding hydrogens is 384 g/mol. The number of hydrogen-bond acceptors (Lipinski definition) is 6. The Labute approximate surface area is 165 Å². The lowest BCUT2D eigenvalue weighted by molar-refractivity contribution is 0.243. The highest BCUT2D eigenvalue weighted by atomic mass is 32.2. The van der Waals surface area contributed by atoms with E-state index in [4.69, 9.17) is 17.0 Å². The van der Waals surface area contributed by atoms with Crippen molar-refractivity contribution < 1.29 is 13.2 Å². The van der Waals surface area contributed by atoms with Gasteiger partial charge in [-0.15, -0.1) is 0 Å². The van der Waals surface area contributed by atoms with Gasteiger partial charge in [0.2, 0.25) is 0 Å². The normalized spacial score (nSPS) is 18.9. The maximum absolute atomic E-state index is 11.7. The molecule has 0 bridgehead atoms. The van der Waals surface area contributed by atoms with Gasteiger partial charge in [0.25, 0.3) is 0 Å². The molecule has 0 saturated carbocycles. The van der Waals surface area contributed by atoms with Crippen molar-refractivity contribution in [3.8, 4) is 5.75 Å². The van der Waals surface area contributed by atoms with Gasteiger partial charge in [0.15, 0.2) is 14.6 Å². The van der Waals surface area contributed by atoms with E-state index < -0.39 is 9.84 Å². The Balaban J connectivity index is 1.65. The lowest BCUT2D eigenvalue weighted by Crippen LogP contribution is -2.22. The summed E-state index contributed by atoms with van der Waals surface area (Å²) in [5.41, 5.74) is 1.18. The number of benzene rings is 1. The molecule has 1 aliphatic heterocycles. The molecule has 27 heavy (non-hydrogen) atoms. The zero-order chi connectivity index (χ0) is 19.6. The van der Waals surface area contributed by atoms with Crippen LogP contribution in [0.5, 0.6) is 5.75 Å². The van der Waals surface area contributed by atoms with Crippen LogP contribution in [0, 0.1) is 10.7 Å². The fourth-order valence-corrected chi connectivity index (χ4v) is 5.48. The molecule has 148 valence electrons. The van der Waals surface area contributed by atoms with E-state index in [1.54, 1.807) is 11.8 Å². The van der Waals surface area contributed by atoms with E-state index in [-0.39, 0.29) is 17.4 Å². The fraction of sp³-hybridized carbons (Fsp3) is 0.556. The molecule has 0 amide bonds. The molecule has 1 atom stereocenters. The van der Waals surface area contributed by atoms with Crippen LogP contribution in [0.2, 0.25) is 0 Å². The highest BCUT2D eigenvalue weighted by molar-refractivity contribution is 7.91. The predicted molar refractivity (Wildman–Crippen MR) is 107 cm³/mol. The van der Waals surface area contributed by atoms with Gasteiger partial charge in [0.1, 0.15) is 11.6 Å². The van der Waals surface area contributed by atoms with Gasteiger partial charge in [0.05, 0.1) is 25.3 Å². The number of hydrogen-bond donors (Lipinski definition) is 0. The second kappa shape index (κ2) is 8.12. The molecule has 1 aliphatic rings. The van der Waals surface area contributed by atoms with E-state index in [9.17, 15) is 8.42 Å². The summed E-state index contributed by atoms with van der Waals surface area (Å²) in [4.78, 5) is 2.13. The summed E-state index contributed by atoms with van der Waals surface area (Å²) in [5, 5.41) is 4.65. The molecule has 3 rings (SSSR count). The van der Waals surface area contributed by atoms with Gasteiger partial charge in [0, 0.05) is 20.0 Å². The van der Waals surface area contributed by atoms with Crippen LogP contribution in [0.4, 0.5) is 0 Å². The number of methoxy groups -OCH3 is 1. The molecule has 0 N–H and O–H groups in total. The maximum Gasteiger partial charge on any atom is 0.198 e. The monoisotopic (exact) mass is 410 g/mol. The molecule has 0 unspecified atom stereocenters. The molecule has 0 radical (unpaired) electrons. The molecule has 2 aromatic rings. The Morgan fingerprint density at radius 2 is 2.04 bits per heavy atom. The van der Waals surface area contributed by atoms with E-state index in [2.05, 4.69) is 10.00 Å². The average molecular weight is 411 g/mol. The van der Waals surface area contributed by atoms with Crippen molar-refractivity contribution in [2.45, 2.75) is 26.1 Å². The second-order valence-corrected chi connectivity index (χ2v) is 9.83. The Bertz CT molecular complexity index is 948. The van der Waals surface area contributed by atoms with E-state index in [1.165, 1.54) is 5.56 Å². The van der Waals surface area contributed by atoms with E-state index >= 15 is 0 Å². The average Bonchev–Trinajstić information content (AvgIpc) is 3.09. The van der Waals surface area contributed by atoms with Crippen molar-refractivity contribution in [2.75, 3.05) is 25.7 Å². The van der Waals surface area contributed by atoms with Gasteiger partial charge < -0.3 is 9.30 Å². The van der Waals surface area contributed by atoms with Gasteiger partial charge >= 0.3 is 0 Å². The predicted octanol–water partition coefficient (Wildman–Crippen LogP) is 2.03. The standard InChI is InChI=1S/C18H26N4O3S2/c1-20(11-14-4-6-16(25-3)7-5-14)13-22-18(26)21(2)17(19-22)10-15-8-9-27(23,24)12-15/h4-7,15H,8-13H2,1-3H3/t15-/m1/s1. The molecular formula is C18H26N4O3S2. The minimum atomic E-state index is -2.88. The third-order valence-electron chi connectivity index (χ3n) is 4.92. The van der Waals surface area contributed by atoms with E-state index in [0.29, 0.717) is 24.3 Å². The van der Waals surface area contributed by atoms with Crippen molar-refractivity contribution in [1.29, 1.82) is 0 Å². The number of rotatable bonds is 7. The second-order valence-electron chi connectivity index (χ2n) is 7.23. The maximum atomic E-state index is 11.7. The number of nitrogens with zero attached hydrogens (tertiary/aromatic N) is 4. The zero-order valence-electron chi connectivity index (χ0n) is 16.0. The van der Waals surface area contributed by atoms with Crippen molar-refractivity contribution in [2.24, 2.45) is 13.0 Å². The van der Waals surface area contributed by atoms with Crippen LogP contribution < -0.4 is 4.74 Å². The minimum Gasteiger partial charge on any atom is -0.497 e. The van der Waals surface area contributed by atoms with Crippen molar-refractivity contribution >= 4 is 22.1 Å². The first-order valence-corrected chi connectivity index (χ1v) is 11.1. The third-order valence-corrected chi connectivity index (χ3v) is 7.24. The molecule has 9 heteroatoms. The lowest BCUT2D eigenvalue weighted by atomic mass is 10.1. The van der Waals surface area contributed by atoms with Crippen LogP contribution in [0.25, 0.3) is 0 Å². The van der Waals surface area contributed by atoms with Gasteiger partial charge in [-0.1, -0.05) is 12.1 Å². The first-order valence-electron chi connectivity index (χ1n) is 8.92.